The Morgan fingerprint density at radius 1 is 1.14 bits per heavy atom. The van der Waals surface area contributed by atoms with Crippen LogP contribution >= 0.6 is 0 Å². The van der Waals surface area contributed by atoms with E-state index in [9.17, 15) is 13.2 Å². The molecule has 4 heteroatoms. The Labute approximate surface area is 79.7 Å². The number of rotatable bonds is 1. The van der Waals surface area contributed by atoms with E-state index in [1.54, 1.807) is 24.3 Å². The minimum atomic E-state index is -4.05. The molecule has 0 aromatic heterocycles. The largest absolute Gasteiger partial charge is 0.399 e. The minimum absolute atomic E-state index is 0.216. The Morgan fingerprint density at radius 2 is 1.71 bits per heavy atom. The van der Waals surface area contributed by atoms with E-state index in [-0.39, 0.29) is 12.3 Å². The van der Waals surface area contributed by atoms with Crippen LogP contribution in [0.2, 0.25) is 0 Å². The summed E-state index contributed by atoms with van der Waals surface area (Å²) in [6.45, 7) is 0. The fraction of sp³-hybridized carbons (Fsp3) is 0.400. The third-order valence-corrected chi connectivity index (χ3v) is 2.58. The Bertz CT molecular complexity index is 328. The van der Waals surface area contributed by atoms with E-state index in [2.05, 4.69) is 0 Å². The molecule has 1 aliphatic rings. The highest BCUT2D eigenvalue weighted by Gasteiger charge is 2.55. The molecule has 2 unspecified atom stereocenters. The van der Waals surface area contributed by atoms with Crippen LogP contribution in [-0.2, 0) is 0 Å². The molecule has 0 bridgehead atoms. The van der Waals surface area contributed by atoms with Gasteiger partial charge in [0.15, 0.2) is 0 Å². The summed E-state index contributed by atoms with van der Waals surface area (Å²) in [5.41, 5.74) is 6.76. The molecule has 14 heavy (non-hydrogen) atoms. The van der Waals surface area contributed by atoms with Gasteiger partial charge in [0.1, 0.15) is 0 Å². The maximum Gasteiger partial charge on any atom is 0.392 e. The van der Waals surface area contributed by atoms with Crippen molar-refractivity contribution in [3.63, 3.8) is 0 Å². The number of nitrogen functional groups attached to an aromatic ring is 1. The van der Waals surface area contributed by atoms with E-state index >= 15 is 0 Å². The molecule has 0 saturated heterocycles. The van der Waals surface area contributed by atoms with Crippen LogP contribution in [-0.4, -0.2) is 6.18 Å². The van der Waals surface area contributed by atoms with Gasteiger partial charge in [-0.05, 0) is 30.0 Å². The molecule has 0 amide bonds. The molecule has 2 atom stereocenters. The fourth-order valence-electron chi connectivity index (χ4n) is 1.67. The van der Waals surface area contributed by atoms with Gasteiger partial charge in [0.05, 0.1) is 5.92 Å². The van der Waals surface area contributed by atoms with Gasteiger partial charge < -0.3 is 5.73 Å². The third-order valence-electron chi connectivity index (χ3n) is 2.58. The summed E-state index contributed by atoms with van der Waals surface area (Å²) in [7, 11) is 0. The Hall–Kier alpha value is -1.19. The number of benzene rings is 1. The number of anilines is 1. The Kier molecular flexibility index (Phi) is 1.94. The summed E-state index contributed by atoms with van der Waals surface area (Å²) in [5, 5.41) is 0. The van der Waals surface area contributed by atoms with Gasteiger partial charge >= 0.3 is 6.18 Å². The van der Waals surface area contributed by atoms with Gasteiger partial charge in [-0.15, -0.1) is 0 Å². The molecule has 1 aromatic carbocycles. The molecule has 0 spiro atoms. The fourth-order valence-corrected chi connectivity index (χ4v) is 1.67. The summed E-state index contributed by atoms with van der Waals surface area (Å²) in [4.78, 5) is 0. The summed E-state index contributed by atoms with van der Waals surface area (Å²) < 4.78 is 36.7. The van der Waals surface area contributed by atoms with Crippen LogP contribution in [0, 0.1) is 5.92 Å². The molecular formula is C10H10F3N. The highest BCUT2D eigenvalue weighted by atomic mass is 19.4. The number of hydrogen-bond acceptors (Lipinski definition) is 1. The van der Waals surface area contributed by atoms with Crippen molar-refractivity contribution in [1.82, 2.24) is 0 Å². The lowest BCUT2D eigenvalue weighted by molar-refractivity contribution is -0.148. The number of alkyl halides is 3. The first-order chi connectivity index (χ1) is 6.48. The van der Waals surface area contributed by atoms with E-state index in [0.717, 1.165) is 5.56 Å². The molecule has 1 aliphatic carbocycles. The van der Waals surface area contributed by atoms with Gasteiger partial charge in [0.2, 0.25) is 0 Å². The second kappa shape index (κ2) is 2.90. The molecule has 1 fully saturated rings. The molecule has 0 radical (unpaired) electrons. The van der Waals surface area contributed by atoms with Gasteiger partial charge in [-0.1, -0.05) is 12.1 Å². The van der Waals surface area contributed by atoms with Crippen LogP contribution < -0.4 is 5.73 Å². The SMILES string of the molecule is Nc1ccc(C2CC2C(F)(F)F)cc1. The lowest BCUT2D eigenvalue weighted by atomic mass is 10.1. The summed E-state index contributed by atoms with van der Waals surface area (Å²) in [5.74, 6) is -1.50. The average Bonchev–Trinajstić information content (AvgIpc) is 2.83. The number of halogens is 3. The molecule has 2 N–H and O–H groups in total. The van der Waals surface area contributed by atoms with Crippen molar-refractivity contribution in [2.45, 2.75) is 18.5 Å². The second-order valence-corrected chi connectivity index (χ2v) is 3.66. The minimum Gasteiger partial charge on any atom is -0.399 e. The first kappa shape index (κ1) is 9.37. The van der Waals surface area contributed by atoms with Crippen LogP contribution in [0.1, 0.15) is 17.9 Å². The quantitative estimate of drug-likeness (QED) is 0.694. The molecule has 1 saturated carbocycles. The van der Waals surface area contributed by atoms with Gasteiger partial charge in [0.25, 0.3) is 0 Å². The van der Waals surface area contributed by atoms with Crippen molar-refractivity contribution in [3.8, 4) is 0 Å². The maximum absolute atomic E-state index is 12.2. The van der Waals surface area contributed by atoms with Crippen LogP contribution in [0.5, 0.6) is 0 Å². The van der Waals surface area contributed by atoms with Crippen LogP contribution in [0.15, 0.2) is 24.3 Å². The maximum atomic E-state index is 12.2. The van der Waals surface area contributed by atoms with Crippen molar-refractivity contribution >= 4 is 5.69 Å². The normalized spacial score (nSPS) is 26.2. The summed E-state index contributed by atoms with van der Waals surface area (Å²) >= 11 is 0. The van der Waals surface area contributed by atoms with Gasteiger partial charge in [-0.3, -0.25) is 0 Å². The predicted octanol–water partition coefficient (Wildman–Crippen LogP) is 2.93. The van der Waals surface area contributed by atoms with Crippen molar-refractivity contribution in [3.05, 3.63) is 29.8 Å². The highest BCUT2D eigenvalue weighted by Crippen LogP contribution is 2.56. The van der Waals surface area contributed by atoms with Gasteiger partial charge in [0, 0.05) is 5.69 Å². The van der Waals surface area contributed by atoms with Crippen molar-refractivity contribution in [1.29, 1.82) is 0 Å². The Morgan fingerprint density at radius 3 is 2.14 bits per heavy atom. The topological polar surface area (TPSA) is 26.0 Å². The van der Waals surface area contributed by atoms with E-state index in [1.165, 1.54) is 0 Å². The van der Waals surface area contributed by atoms with E-state index < -0.39 is 12.1 Å². The first-order valence-electron chi connectivity index (χ1n) is 4.40. The molecule has 1 nitrogen and oxygen atoms in total. The smallest absolute Gasteiger partial charge is 0.392 e. The van der Waals surface area contributed by atoms with Crippen molar-refractivity contribution < 1.29 is 13.2 Å². The zero-order valence-electron chi connectivity index (χ0n) is 7.38. The van der Waals surface area contributed by atoms with E-state index in [0.29, 0.717) is 5.69 Å². The van der Waals surface area contributed by atoms with E-state index in [4.69, 9.17) is 5.73 Å². The lowest BCUT2D eigenvalue weighted by Crippen LogP contribution is -2.11. The predicted molar refractivity (Wildman–Crippen MR) is 47.8 cm³/mol. The molecule has 0 aliphatic heterocycles. The van der Waals surface area contributed by atoms with E-state index in [1.807, 2.05) is 0 Å². The highest BCUT2D eigenvalue weighted by molar-refractivity contribution is 5.41. The molecule has 2 rings (SSSR count). The molecule has 1 aromatic rings. The first-order valence-corrected chi connectivity index (χ1v) is 4.40. The van der Waals surface area contributed by atoms with Crippen LogP contribution in [0.3, 0.4) is 0 Å². The molecule has 0 heterocycles. The average molecular weight is 201 g/mol. The lowest BCUT2D eigenvalue weighted by Gasteiger charge is -2.05. The zero-order chi connectivity index (χ0) is 10.3. The number of nitrogens with two attached hydrogens (primary N) is 1. The standard InChI is InChI=1S/C10H10F3N/c11-10(12,13)9-5-8(9)6-1-3-7(14)4-2-6/h1-4,8-9H,5,14H2. The number of hydrogen-bond donors (Lipinski definition) is 1. The monoisotopic (exact) mass is 201 g/mol. The van der Waals surface area contributed by atoms with Gasteiger partial charge in [-0.2, -0.15) is 13.2 Å². The second-order valence-electron chi connectivity index (χ2n) is 3.66. The Balaban J connectivity index is 2.10. The van der Waals surface area contributed by atoms with Gasteiger partial charge in [-0.25, -0.2) is 0 Å². The van der Waals surface area contributed by atoms with Crippen molar-refractivity contribution in [2.75, 3.05) is 5.73 Å². The van der Waals surface area contributed by atoms with Crippen molar-refractivity contribution in [2.24, 2.45) is 5.92 Å². The zero-order valence-corrected chi connectivity index (χ0v) is 7.38. The summed E-state index contributed by atoms with van der Waals surface area (Å²) in [6, 6.07) is 6.62. The third kappa shape index (κ3) is 1.69. The van der Waals surface area contributed by atoms with Crippen LogP contribution in [0.25, 0.3) is 0 Å². The molecular weight excluding hydrogens is 191 g/mol. The molecule has 76 valence electrons. The summed E-state index contributed by atoms with van der Waals surface area (Å²) in [6.07, 6.45) is -3.83. The van der Waals surface area contributed by atoms with Crippen LogP contribution in [0.4, 0.5) is 18.9 Å².